The van der Waals surface area contributed by atoms with Crippen LogP contribution in [0.1, 0.15) is 59.6 Å². The van der Waals surface area contributed by atoms with Crippen LogP contribution in [0.25, 0.3) is 22.5 Å². The predicted molar refractivity (Wildman–Crippen MR) is 154 cm³/mol. The molecule has 0 amide bonds. The van der Waals surface area contributed by atoms with E-state index in [2.05, 4.69) is 4.98 Å². The van der Waals surface area contributed by atoms with Gasteiger partial charge < -0.3 is 5.11 Å². The number of benzene rings is 2. The average molecular weight is 585 g/mol. The monoisotopic (exact) mass is 584 g/mol. The van der Waals surface area contributed by atoms with Crippen molar-refractivity contribution in [2.45, 2.75) is 44.4 Å². The lowest BCUT2D eigenvalue weighted by Gasteiger charge is -2.15. The summed E-state index contributed by atoms with van der Waals surface area (Å²) in [5.41, 5.74) is 4.82. The van der Waals surface area contributed by atoms with Gasteiger partial charge in [0.1, 0.15) is 11.6 Å². The normalized spacial score (nSPS) is 13.8. The Morgan fingerprint density at radius 1 is 1.20 bits per heavy atom. The summed E-state index contributed by atoms with van der Waals surface area (Å²) in [5, 5.41) is 21.9. The van der Waals surface area contributed by atoms with Gasteiger partial charge in [-0.3, -0.25) is 9.35 Å². The van der Waals surface area contributed by atoms with Crippen LogP contribution in [0, 0.1) is 17.6 Å². The molecule has 3 N–H and O–H groups in total. The number of hydrogen-bond donors (Lipinski definition) is 3. The Labute approximate surface area is 235 Å². The molecule has 7 nitrogen and oxygen atoms in total. The highest BCUT2D eigenvalue weighted by Crippen LogP contribution is 2.38. The molecule has 1 fully saturated rings. The predicted octanol–water partition coefficient (Wildman–Crippen LogP) is 5.82. The third-order valence-corrected chi connectivity index (χ3v) is 8.88. The van der Waals surface area contributed by atoms with Crippen molar-refractivity contribution < 1.29 is 22.9 Å². The highest BCUT2D eigenvalue weighted by molar-refractivity contribution is 8.00. The van der Waals surface area contributed by atoms with Crippen LogP contribution in [0.5, 0.6) is 0 Å². The van der Waals surface area contributed by atoms with Gasteiger partial charge in [-0.1, -0.05) is 17.7 Å². The molecular weight excluding hydrogens is 554 g/mol. The zero-order valence-electron chi connectivity index (χ0n) is 22.3. The number of halogens is 2. The number of carboxylic acids is 1. The molecule has 1 aliphatic carbocycles. The fourth-order valence-electron chi connectivity index (χ4n) is 4.66. The molecule has 5 rings (SSSR count). The number of thiazole rings is 1. The summed E-state index contributed by atoms with van der Waals surface area (Å²) in [6.07, 6.45) is 6.17. The zero-order valence-corrected chi connectivity index (χ0v) is 24.0. The van der Waals surface area contributed by atoms with Crippen LogP contribution in [-0.4, -0.2) is 36.3 Å². The van der Waals surface area contributed by atoms with E-state index in [1.54, 1.807) is 29.0 Å². The minimum Gasteiger partial charge on any atom is -0.476 e. The molecule has 40 heavy (non-hydrogen) atoms. The van der Waals surface area contributed by atoms with Crippen LogP contribution < -0.4 is 5.14 Å². The summed E-state index contributed by atoms with van der Waals surface area (Å²) >= 11 is 1.17. The molecular formula is C29H30F2N4O3S2. The van der Waals surface area contributed by atoms with Crippen molar-refractivity contribution in [1.29, 1.82) is 0 Å². The van der Waals surface area contributed by atoms with Gasteiger partial charge in [0, 0.05) is 34.7 Å². The molecule has 210 valence electrons. The SMILES string of the molecule is CC(C)=Cc1cc(-c2nn(-c3nc(C(=O)O)cs3)c(CC3CC3)c2Cc2ccc([SH](C)(N)=O)c(F)c2)ccc1F. The molecule has 1 aliphatic rings. The lowest BCUT2D eigenvalue weighted by Crippen LogP contribution is -2.22. The van der Waals surface area contributed by atoms with E-state index in [0.29, 0.717) is 46.3 Å². The smallest absolute Gasteiger partial charge is 0.355 e. The summed E-state index contributed by atoms with van der Waals surface area (Å²) in [4.78, 5) is 15.8. The number of carbonyl (C=O) groups is 1. The van der Waals surface area contributed by atoms with Gasteiger partial charge in [0.15, 0.2) is 5.69 Å². The number of nitrogens with two attached hydrogens (primary N) is 1. The second-order valence-electron chi connectivity index (χ2n) is 10.6. The van der Waals surface area contributed by atoms with Crippen molar-refractivity contribution in [3.8, 4) is 16.4 Å². The fourth-order valence-corrected chi connectivity index (χ4v) is 6.29. The van der Waals surface area contributed by atoms with Gasteiger partial charge >= 0.3 is 5.97 Å². The molecule has 2 heterocycles. The van der Waals surface area contributed by atoms with Gasteiger partial charge in [-0.05, 0) is 85.0 Å². The Hall–Kier alpha value is -3.54. The molecule has 0 atom stereocenters. The Balaban J connectivity index is 1.70. The van der Waals surface area contributed by atoms with E-state index in [1.165, 1.54) is 41.2 Å². The van der Waals surface area contributed by atoms with Crippen LogP contribution in [0.4, 0.5) is 8.78 Å². The maximum atomic E-state index is 15.0. The lowest BCUT2D eigenvalue weighted by molar-refractivity contribution is 0.0691. The van der Waals surface area contributed by atoms with Crippen LogP contribution in [0.3, 0.4) is 0 Å². The van der Waals surface area contributed by atoms with E-state index in [0.717, 1.165) is 29.7 Å². The topological polar surface area (TPSA) is 111 Å². The Morgan fingerprint density at radius 3 is 2.55 bits per heavy atom. The molecule has 1 saturated carbocycles. The highest BCUT2D eigenvalue weighted by Gasteiger charge is 2.29. The highest BCUT2D eigenvalue weighted by atomic mass is 32.3. The number of thiol groups is 1. The van der Waals surface area contributed by atoms with Crippen LogP contribution in [0.15, 0.2) is 52.2 Å². The number of rotatable bonds is 9. The third-order valence-electron chi connectivity index (χ3n) is 6.75. The zero-order chi connectivity index (χ0) is 28.8. The number of hydrogen-bond acceptors (Lipinski definition) is 5. The molecule has 0 bridgehead atoms. The van der Waals surface area contributed by atoms with Gasteiger partial charge in [-0.2, -0.15) is 5.10 Å². The first-order valence-corrected chi connectivity index (χ1v) is 15.9. The van der Waals surface area contributed by atoms with Crippen molar-refractivity contribution >= 4 is 33.5 Å². The molecule has 11 heteroatoms. The molecule has 0 radical (unpaired) electrons. The Kier molecular flexibility index (Phi) is 7.56. The number of nitrogens with zero attached hydrogens (tertiary/aromatic N) is 3. The minimum atomic E-state index is -3.29. The quantitative estimate of drug-likeness (QED) is 0.215. The largest absolute Gasteiger partial charge is 0.476 e. The van der Waals surface area contributed by atoms with E-state index in [-0.39, 0.29) is 16.4 Å². The summed E-state index contributed by atoms with van der Waals surface area (Å²) in [5.74, 6) is -1.69. The van der Waals surface area contributed by atoms with Crippen LogP contribution >= 0.6 is 11.3 Å². The lowest BCUT2D eigenvalue weighted by atomic mass is 9.96. The van der Waals surface area contributed by atoms with E-state index >= 15 is 0 Å². The maximum Gasteiger partial charge on any atom is 0.355 e. The van der Waals surface area contributed by atoms with E-state index in [1.807, 2.05) is 13.8 Å². The number of carboxylic acid groups (broad SMARTS) is 1. The fraction of sp³-hybridized carbons (Fsp3) is 0.276. The molecule has 2 aromatic carbocycles. The van der Waals surface area contributed by atoms with Gasteiger partial charge in [-0.25, -0.2) is 23.2 Å². The Bertz CT molecular complexity index is 1700. The van der Waals surface area contributed by atoms with Crippen molar-refractivity contribution in [2.24, 2.45) is 11.1 Å². The first-order chi connectivity index (χ1) is 18.9. The Morgan fingerprint density at radius 2 is 1.95 bits per heavy atom. The molecule has 2 aromatic heterocycles. The number of allylic oxidation sites excluding steroid dienone is 1. The second kappa shape index (κ2) is 10.8. The summed E-state index contributed by atoms with van der Waals surface area (Å²) in [6.45, 7) is 3.77. The van der Waals surface area contributed by atoms with Gasteiger partial charge in [0.2, 0.25) is 5.13 Å². The van der Waals surface area contributed by atoms with Crippen molar-refractivity contribution in [1.82, 2.24) is 14.8 Å². The first-order valence-electron chi connectivity index (χ1n) is 12.8. The van der Waals surface area contributed by atoms with Crippen molar-refractivity contribution in [2.75, 3.05) is 6.26 Å². The second-order valence-corrected chi connectivity index (χ2v) is 13.9. The van der Waals surface area contributed by atoms with Gasteiger partial charge in [0.05, 0.1) is 16.3 Å². The van der Waals surface area contributed by atoms with Gasteiger partial charge in [-0.15, -0.1) is 11.3 Å². The number of aromatic nitrogens is 3. The van der Waals surface area contributed by atoms with Crippen LogP contribution in [-0.2, 0) is 23.0 Å². The maximum absolute atomic E-state index is 15.0. The number of aromatic carboxylic acids is 1. The first kappa shape index (κ1) is 28.0. The van der Waals surface area contributed by atoms with Crippen molar-refractivity contribution in [3.63, 3.8) is 0 Å². The average Bonchev–Trinajstić information content (AvgIpc) is 3.42. The summed E-state index contributed by atoms with van der Waals surface area (Å²) < 4.78 is 43.6. The molecule has 0 aliphatic heterocycles. The third kappa shape index (κ3) is 5.96. The van der Waals surface area contributed by atoms with Crippen molar-refractivity contribution in [3.05, 3.63) is 87.1 Å². The van der Waals surface area contributed by atoms with Gasteiger partial charge in [0.25, 0.3) is 0 Å². The molecule has 0 spiro atoms. The molecule has 0 unspecified atom stereocenters. The summed E-state index contributed by atoms with van der Waals surface area (Å²) in [7, 11) is -3.29. The van der Waals surface area contributed by atoms with E-state index < -0.39 is 21.9 Å². The molecule has 0 saturated heterocycles. The summed E-state index contributed by atoms with van der Waals surface area (Å²) in [6, 6.07) is 9.29. The van der Waals surface area contributed by atoms with E-state index in [4.69, 9.17) is 10.2 Å². The standard InChI is InChI=1S/C29H30F2N4O3S2/c1-16(2)10-20-14-19(7-8-22(20)30)27-21(11-18-6-9-26(23(31)12-18)40(3,32)38)25(13-17-4-5-17)35(34-27)29-33-24(15-39-29)28(36)37/h6-10,12,14-15,17,40H,4-5,11,13H2,1-3H3,(H2,32,38)(H,36,37). The molecule has 4 aromatic rings. The van der Waals surface area contributed by atoms with E-state index in [9.17, 15) is 22.9 Å². The van der Waals surface area contributed by atoms with Crippen LogP contribution in [0.2, 0.25) is 0 Å². The minimum absolute atomic E-state index is 0.0146.